The molecule has 1 unspecified atom stereocenters. The summed E-state index contributed by atoms with van der Waals surface area (Å²) in [5, 5.41) is 7.21. The molecule has 23 heavy (non-hydrogen) atoms. The van der Waals surface area contributed by atoms with E-state index < -0.39 is 0 Å². The molecule has 0 aliphatic carbocycles. The van der Waals surface area contributed by atoms with E-state index in [1.807, 2.05) is 12.1 Å². The molecule has 1 aromatic carbocycles. The van der Waals surface area contributed by atoms with Crippen molar-refractivity contribution in [2.75, 3.05) is 19.8 Å². The average Bonchev–Trinajstić information content (AvgIpc) is 2.78. The summed E-state index contributed by atoms with van der Waals surface area (Å²) in [7, 11) is 0. The van der Waals surface area contributed by atoms with Crippen molar-refractivity contribution in [3.63, 3.8) is 0 Å². The Morgan fingerprint density at radius 2 is 2.09 bits per heavy atom. The predicted octanol–water partition coefficient (Wildman–Crippen LogP) is 3.35. The molecule has 1 atom stereocenters. The van der Waals surface area contributed by atoms with Gasteiger partial charge in [0.15, 0.2) is 17.5 Å². The zero-order chi connectivity index (χ0) is 16.7. The van der Waals surface area contributed by atoms with Crippen LogP contribution >= 0.6 is 11.6 Å². The van der Waals surface area contributed by atoms with Gasteiger partial charge in [-0.3, -0.25) is 0 Å². The van der Waals surface area contributed by atoms with Gasteiger partial charge in [-0.15, -0.1) is 0 Å². The lowest BCUT2D eigenvalue weighted by Crippen LogP contribution is -2.41. The number of nitrogens with one attached hydrogen (secondary N) is 2. The second-order valence-corrected chi connectivity index (χ2v) is 6.01. The Labute approximate surface area is 143 Å². The topological polar surface area (TPSA) is 54.9 Å². The predicted molar refractivity (Wildman–Crippen MR) is 94.8 cm³/mol. The third-order valence-corrected chi connectivity index (χ3v) is 3.90. The van der Waals surface area contributed by atoms with E-state index in [0.717, 1.165) is 30.9 Å². The second kappa shape index (κ2) is 8.87. The zero-order valence-corrected chi connectivity index (χ0v) is 14.9. The summed E-state index contributed by atoms with van der Waals surface area (Å²) >= 11 is 6.32. The molecule has 1 aromatic rings. The SMILES string of the molecule is CCNC(=NCc1cc(Cl)c2c(c1)OCCCO2)NC(C)CC. The van der Waals surface area contributed by atoms with Crippen LogP contribution in [0.5, 0.6) is 11.5 Å². The normalized spacial score (nSPS) is 15.7. The van der Waals surface area contributed by atoms with E-state index in [9.17, 15) is 0 Å². The van der Waals surface area contributed by atoms with Crippen LogP contribution in [0.3, 0.4) is 0 Å². The van der Waals surface area contributed by atoms with Crippen molar-refractivity contribution in [3.8, 4) is 11.5 Å². The number of aliphatic imine (C=N–C) groups is 1. The molecule has 0 bridgehead atoms. The molecule has 0 radical (unpaired) electrons. The van der Waals surface area contributed by atoms with Gasteiger partial charge in [-0.1, -0.05) is 18.5 Å². The van der Waals surface area contributed by atoms with Crippen molar-refractivity contribution in [3.05, 3.63) is 22.7 Å². The Hall–Kier alpha value is -1.62. The largest absolute Gasteiger partial charge is 0.489 e. The first kappa shape index (κ1) is 17.7. The molecule has 1 aliphatic heterocycles. The van der Waals surface area contributed by atoms with Gasteiger partial charge < -0.3 is 20.1 Å². The lowest BCUT2D eigenvalue weighted by atomic mass is 10.2. The molecule has 0 spiro atoms. The minimum Gasteiger partial charge on any atom is -0.489 e. The smallest absolute Gasteiger partial charge is 0.191 e. The van der Waals surface area contributed by atoms with E-state index in [1.165, 1.54) is 0 Å². The Balaban J connectivity index is 2.13. The van der Waals surface area contributed by atoms with E-state index in [4.69, 9.17) is 21.1 Å². The molecule has 0 fully saturated rings. The molecule has 2 rings (SSSR count). The third-order valence-electron chi connectivity index (χ3n) is 3.62. The van der Waals surface area contributed by atoms with Gasteiger partial charge in [0, 0.05) is 19.0 Å². The van der Waals surface area contributed by atoms with Gasteiger partial charge in [-0.2, -0.15) is 0 Å². The summed E-state index contributed by atoms with van der Waals surface area (Å²) in [5.74, 6) is 2.16. The van der Waals surface area contributed by atoms with Crippen molar-refractivity contribution in [2.24, 2.45) is 4.99 Å². The van der Waals surface area contributed by atoms with Gasteiger partial charge in [0.1, 0.15) is 0 Å². The van der Waals surface area contributed by atoms with E-state index in [0.29, 0.717) is 42.3 Å². The lowest BCUT2D eigenvalue weighted by Gasteiger charge is -2.16. The van der Waals surface area contributed by atoms with Crippen LogP contribution in [-0.2, 0) is 6.54 Å². The molecule has 0 saturated carbocycles. The third kappa shape index (κ3) is 5.20. The molecular formula is C17H26ClN3O2. The van der Waals surface area contributed by atoms with Gasteiger partial charge in [-0.25, -0.2) is 4.99 Å². The highest BCUT2D eigenvalue weighted by Crippen LogP contribution is 2.38. The Morgan fingerprint density at radius 1 is 1.30 bits per heavy atom. The molecule has 1 aliphatic rings. The molecule has 2 N–H and O–H groups in total. The number of benzene rings is 1. The number of ether oxygens (including phenoxy) is 2. The van der Waals surface area contributed by atoms with Crippen LogP contribution in [0, 0.1) is 0 Å². The maximum atomic E-state index is 6.32. The number of hydrogen-bond acceptors (Lipinski definition) is 3. The van der Waals surface area contributed by atoms with Gasteiger partial charge in [-0.05, 0) is 38.0 Å². The molecule has 0 saturated heterocycles. The van der Waals surface area contributed by atoms with Crippen LogP contribution in [-0.4, -0.2) is 31.8 Å². The fourth-order valence-corrected chi connectivity index (χ4v) is 2.49. The number of halogens is 1. The number of rotatable bonds is 5. The maximum Gasteiger partial charge on any atom is 0.191 e. The molecular weight excluding hydrogens is 314 g/mol. The monoisotopic (exact) mass is 339 g/mol. The molecule has 0 aromatic heterocycles. The van der Waals surface area contributed by atoms with E-state index in [-0.39, 0.29) is 0 Å². The first-order valence-corrected chi connectivity index (χ1v) is 8.64. The van der Waals surface area contributed by atoms with Crippen molar-refractivity contribution in [1.29, 1.82) is 0 Å². The van der Waals surface area contributed by atoms with Crippen molar-refractivity contribution >= 4 is 17.6 Å². The summed E-state index contributed by atoms with van der Waals surface area (Å²) in [5.41, 5.74) is 1.00. The summed E-state index contributed by atoms with van der Waals surface area (Å²) in [6, 6.07) is 4.23. The quantitative estimate of drug-likeness (QED) is 0.638. The van der Waals surface area contributed by atoms with Gasteiger partial charge >= 0.3 is 0 Å². The maximum absolute atomic E-state index is 6.32. The first-order chi connectivity index (χ1) is 11.1. The second-order valence-electron chi connectivity index (χ2n) is 5.60. The number of hydrogen-bond donors (Lipinski definition) is 2. The fraction of sp³-hybridized carbons (Fsp3) is 0.588. The van der Waals surface area contributed by atoms with Crippen molar-refractivity contribution in [1.82, 2.24) is 10.6 Å². The highest BCUT2D eigenvalue weighted by Gasteiger charge is 2.15. The molecule has 1 heterocycles. The molecule has 128 valence electrons. The van der Waals surface area contributed by atoms with Crippen molar-refractivity contribution in [2.45, 2.75) is 46.2 Å². The highest BCUT2D eigenvalue weighted by molar-refractivity contribution is 6.32. The Morgan fingerprint density at radius 3 is 2.83 bits per heavy atom. The molecule has 0 amide bonds. The molecule has 6 heteroatoms. The Bertz CT molecular complexity index is 549. The van der Waals surface area contributed by atoms with E-state index in [1.54, 1.807) is 0 Å². The first-order valence-electron chi connectivity index (χ1n) is 8.26. The summed E-state index contributed by atoms with van der Waals surface area (Å²) in [4.78, 5) is 4.62. The van der Waals surface area contributed by atoms with Crippen LogP contribution in [0.15, 0.2) is 17.1 Å². The zero-order valence-electron chi connectivity index (χ0n) is 14.1. The number of nitrogens with zero attached hydrogens (tertiary/aromatic N) is 1. The summed E-state index contributed by atoms with van der Waals surface area (Å²) < 4.78 is 11.4. The van der Waals surface area contributed by atoms with Crippen LogP contribution in [0.1, 0.15) is 39.2 Å². The fourth-order valence-electron chi connectivity index (χ4n) is 2.20. The standard InChI is InChI=1S/C17H26ClN3O2/c1-4-12(3)21-17(19-5-2)20-11-13-9-14(18)16-15(10-13)22-7-6-8-23-16/h9-10,12H,4-8,11H2,1-3H3,(H2,19,20,21). The number of guanidine groups is 1. The summed E-state index contributed by atoms with van der Waals surface area (Å²) in [6.45, 7) is 8.97. The van der Waals surface area contributed by atoms with Crippen LogP contribution in [0.4, 0.5) is 0 Å². The van der Waals surface area contributed by atoms with Gasteiger partial charge in [0.05, 0.1) is 24.8 Å². The van der Waals surface area contributed by atoms with Crippen LogP contribution < -0.4 is 20.1 Å². The number of fused-ring (bicyclic) bond motifs is 1. The minimum absolute atomic E-state index is 0.375. The lowest BCUT2D eigenvalue weighted by molar-refractivity contribution is 0.297. The van der Waals surface area contributed by atoms with E-state index >= 15 is 0 Å². The van der Waals surface area contributed by atoms with Gasteiger partial charge in [0.25, 0.3) is 0 Å². The van der Waals surface area contributed by atoms with Crippen LogP contribution in [0.25, 0.3) is 0 Å². The van der Waals surface area contributed by atoms with E-state index in [2.05, 4.69) is 36.4 Å². The van der Waals surface area contributed by atoms with Crippen LogP contribution in [0.2, 0.25) is 5.02 Å². The Kier molecular flexibility index (Phi) is 6.84. The minimum atomic E-state index is 0.375. The summed E-state index contributed by atoms with van der Waals surface area (Å²) in [6.07, 6.45) is 1.90. The molecule has 5 nitrogen and oxygen atoms in total. The van der Waals surface area contributed by atoms with Crippen molar-refractivity contribution < 1.29 is 9.47 Å². The van der Waals surface area contributed by atoms with Gasteiger partial charge in [0.2, 0.25) is 0 Å². The highest BCUT2D eigenvalue weighted by atomic mass is 35.5. The average molecular weight is 340 g/mol.